The molecule has 0 aliphatic carbocycles. The number of amides is 1. The van der Waals surface area contributed by atoms with E-state index in [0.29, 0.717) is 16.7 Å². The molecule has 1 aromatic carbocycles. The lowest BCUT2D eigenvalue weighted by Gasteiger charge is -2.22. The first kappa shape index (κ1) is 13.8. The molecule has 0 radical (unpaired) electrons. The molecule has 2 fully saturated rings. The van der Waals surface area contributed by atoms with E-state index in [9.17, 15) is 4.79 Å². The SMILES string of the molecule is O=C(NC1CN2CC[C@H]1C2)c1ncc(-c2ccccc2Cl)o1. The van der Waals surface area contributed by atoms with E-state index in [1.54, 1.807) is 12.3 Å². The minimum absolute atomic E-state index is 0.0905. The van der Waals surface area contributed by atoms with Gasteiger partial charge < -0.3 is 14.6 Å². The quantitative estimate of drug-likeness (QED) is 0.944. The third kappa shape index (κ3) is 2.40. The molecule has 3 atom stereocenters. The van der Waals surface area contributed by atoms with Crippen molar-refractivity contribution in [2.24, 2.45) is 5.92 Å². The van der Waals surface area contributed by atoms with Gasteiger partial charge in [-0.3, -0.25) is 4.79 Å². The number of halogens is 1. The van der Waals surface area contributed by atoms with Crippen molar-refractivity contribution < 1.29 is 9.21 Å². The number of carbonyl (C=O) groups is 1. The standard InChI is InChI=1S/C16H16ClN3O2/c17-12-4-2-1-3-11(12)14-7-18-16(22-14)15(21)19-13-9-20-6-5-10(13)8-20/h1-4,7,10,13H,5-6,8-9H2,(H,19,21)/t10-,13?/m0/s1. The summed E-state index contributed by atoms with van der Waals surface area (Å²) in [5, 5.41) is 3.61. The summed E-state index contributed by atoms with van der Waals surface area (Å²) >= 11 is 6.13. The number of piperidine rings is 1. The van der Waals surface area contributed by atoms with Crippen molar-refractivity contribution in [3.8, 4) is 11.3 Å². The lowest BCUT2D eigenvalue weighted by Crippen LogP contribution is -2.43. The number of rotatable bonds is 3. The predicted molar refractivity (Wildman–Crippen MR) is 82.8 cm³/mol. The smallest absolute Gasteiger partial charge is 0.307 e. The molecule has 0 saturated carbocycles. The van der Waals surface area contributed by atoms with Gasteiger partial charge in [-0.25, -0.2) is 4.98 Å². The van der Waals surface area contributed by atoms with E-state index >= 15 is 0 Å². The highest BCUT2D eigenvalue weighted by molar-refractivity contribution is 6.33. The number of aromatic nitrogens is 1. The van der Waals surface area contributed by atoms with Crippen LogP contribution in [0.15, 0.2) is 34.9 Å². The number of nitrogens with zero attached hydrogens (tertiary/aromatic N) is 2. The molecule has 1 amide bonds. The van der Waals surface area contributed by atoms with Crippen molar-refractivity contribution in [1.29, 1.82) is 0 Å². The fourth-order valence-corrected chi connectivity index (χ4v) is 3.57. The summed E-state index contributed by atoms with van der Waals surface area (Å²) in [5.74, 6) is 0.902. The van der Waals surface area contributed by atoms with E-state index in [-0.39, 0.29) is 17.8 Å². The second kappa shape index (κ2) is 5.41. The van der Waals surface area contributed by atoms with E-state index in [1.165, 1.54) is 0 Å². The zero-order valence-corrected chi connectivity index (χ0v) is 12.7. The fraction of sp³-hybridized carbons (Fsp3) is 0.375. The van der Waals surface area contributed by atoms with Crippen LogP contribution in [0.2, 0.25) is 5.02 Å². The Morgan fingerprint density at radius 3 is 2.95 bits per heavy atom. The maximum Gasteiger partial charge on any atom is 0.307 e. The Morgan fingerprint density at radius 1 is 1.36 bits per heavy atom. The number of fused-ring (bicyclic) bond motifs is 2. The van der Waals surface area contributed by atoms with Gasteiger partial charge in [0.1, 0.15) is 0 Å². The Morgan fingerprint density at radius 2 is 2.23 bits per heavy atom. The van der Waals surface area contributed by atoms with E-state index < -0.39 is 0 Å². The molecule has 2 aliphatic rings. The second-order valence-corrected chi connectivity index (χ2v) is 6.30. The topological polar surface area (TPSA) is 58.4 Å². The summed E-state index contributed by atoms with van der Waals surface area (Å²) in [4.78, 5) is 18.7. The summed E-state index contributed by atoms with van der Waals surface area (Å²) < 4.78 is 5.58. The summed E-state index contributed by atoms with van der Waals surface area (Å²) in [7, 11) is 0. The van der Waals surface area contributed by atoms with Crippen LogP contribution in [0.4, 0.5) is 0 Å². The highest BCUT2D eigenvalue weighted by atomic mass is 35.5. The molecule has 5 nitrogen and oxygen atoms in total. The molecular weight excluding hydrogens is 302 g/mol. The molecular formula is C16H16ClN3O2. The average molecular weight is 318 g/mol. The van der Waals surface area contributed by atoms with E-state index in [2.05, 4.69) is 15.2 Å². The van der Waals surface area contributed by atoms with Gasteiger partial charge in [0.25, 0.3) is 5.89 Å². The number of oxazole rings is 1. The maximum absolute atomic E-state index is 12.3. The van der Waals surface area contributed by atoms with E-state index in [1.807, 2.05) is 18.2 Å². The lowest BCUT2D eigenvalue weighted by molar-refractivity contribution is 0.0890. The minimum Gasteiger partial charge on any atom is -0.432 e. The Hall–Kier alpha value is -1.85. The number of benzene rings is 1. The number of hydrogen-bond donors (Lipinski definition) is 1. The molecule has 2 bridgehead atoms. The summed E-state index contributed by atoms with van der Waals surface area (Å²) in [6.07, 6.45) is 2.70. The van der Waals surface area contributed by atoms with Crippen LogP contribution in [-0.2, 0) is 0 Å². The molecule has 1 N–H and O–H groups in total. The molecule has 114 valence electrons. The van der Waals surface area contributed by atoms with Crippen molar-refractivity contribution in [2.45, 2.75) is 12.5 Å². The molecule has 6 heteroatoms. The number of carbonyl (C=O) groups excluding carboxylic acids is 1. The molecule has 4 rings (SSSR count). The predicted octanol–water partition coefficient (Wildman–Crippen LogP) is 2.43. The van der Waals surface area contributed by atoms with Gasteiger partial charge in [-0.1, -0.05) is 23.7 Å². The zero-order valence-electron chi connectivity index (χ0n) is 12.0. The molecule has 2 aromatic rings. The summed E-state index contributed by atoms with van der Waals surface area (Å²) in [6.45, 7) is 3.16. The largest absolute Gasteiger partial charge is 0.432 e. The molecule has 1 aromatic heterocycles. The summed E-state index contributed by atoms with van der Waals surface area (Å²) in [5.41, 5.74) is 0.738. The van der Waals surface area contributed by atoms with Gasteiger partial charge in [0.2, 0.25) is 0 Å². The van der Waals surface area contributed by atoms with Crippen LogP contribution in [0, 0.1) is 5.92 Å². The Labute approximate surface area is 133 Å². The summed E-state index contributed by atoms with van der Waals surface area (Å²) in [6, 6.07) is 7.54. The monoisotopic (exact) mass is 317 g/mol. The van der Waals surface area contributed by atoms with Crippen molar-refractivity contribution in [3.05, 3.63) is 41.4 Å². The van der Waals surface area contributed by atoms with Crippen molar-refractivity contribution in [2.75, 3.05) is 19.6 Å². The first-order chi connectivity index (χ1) is 10.7. The third-order valence-electron chi connectivity index (χ3n) is 4.49. The highest BCUT2D eigenvalue weighted by Crippen LogP contribution is 2.29. The molecule has 2 unspecified atom stereocenters. The Kier molecular flexibility index (Phi) is 3.39. The molecule has 2 aliphatic heterocycles. The van der Waals surface area contributed by atoms with Crippen LogP contribution in [0.3, 0.4) is 0 Å². The Balaban J connectivity index is 1.49. The van der Waals surface area contributed by atoms with Crippen LogP contribution >= 0.6 is 11.6 Å². The highest BCUT2D eigenvalue weighted by Gasteiger charge is 2.39. The van der Waals surface area contributed by atoms with Gasteiger partial charge in [-0.05, 0) is 31.0 Å². The van der Waals surface area contributed by atoms with Crippen LogP contribution in [-0.4, -0.2) is 41.5 Å². The van der Waals surface area contributed by atoms with Crippen LogP contribution in [0.1, 0.15) is 17.1 Å². The molecule has 22 heavy (non-hydrogen) atoms. The first-order valence-electron chi connectivity index (χ1n) is 7.44. The van der Waals surface area contributed by atoms with Crippen molar-refractivity contribution >= 4 is 17.5 Å². The number of nitrogens with one attached hydrogen (secondary N) is 1. The molecule has 2 saturated heterocycles. The Bertz CT molecular complexity index is 715. The van der Waals surface area contributed by atoms with Crippen LogP contribution < -0.4 is 5.32 Å². The fourth-order valence-electron chi connectivity index (χ4n) is 3.34. The van der Waals surface area contributed by atoms with E-state index in [0.717, 1.165) is 31.6 Å². The zero-order chi connectivity index (χ0) is 15.1. The molecule has 3 heterocycles. The van der Waals surface area contributed by atoms with Gasteiger partial charge in [0, 0.05) is 24.7 Å². The average Bonchev–Trinajstić information content (AvgIpc) is 3.24. The van der Waals surface area contributed by atoms with Gasteiger partial charge >= 0.3 is 5.91 Å². The normalized spacial score (nSPS) is 26.3. The molecule has 0 spiro atoms. The van der Waals surface area contributed by atoms with Crippen molar-refractivity contribution in [3.63, 3.8) is 0 Å². The number of hydrogen-bond acceptors (Lipinski definition) is 4. The third-order valence-corrected chi connectivity index (χ3v) is 4.82. The first-order valence-corrected chi connectivity index (χ1v) is 7.82. The van der Waals surface area contributed by atoms with Crippen molar-refractivity contribution in [1.82, 2.24) is 15.2 Å². The second-order valence-electron chi connectivity index (χ2n) is 5.90. The van der Waals surface area contributed by atoms with Crippen LogP contribution in [0.5, 0.6) is 0 Å². The minimum atomic E-state index is -0.253. The van der Waals surface area contributed by atoms with Gasteiger partial charge in [0.15, 0.2) is 5.76 Å². The van der Waals surface area contributed by atoms with Crippen LogP contribution in [0.25, 0.3) is 11.3 Å². The van der Waals surface area contributed by atoms with Gasteiger partial charge in [-0.2, -0.15) is 0 Å². The maximum atomic E-state index is 12.3. The lowest BCUT2D eigenvalue weighted by atomic mass is 10.0. The van der Waals surface area contributed by atoms with E-state index in [4.69, 9.17) is 16.0 Å². The van der Waals surface area contributed by atoms with Gasteiger partial charge in [0.05, 0.1) is 11.2 Å². The van der Waals surface area contributed by atoms with Gasteiger partial charge in [-0.15, -0.1) is 0 Å².